The fourth-order valence-electron chi connectivity index (χ4n) is 0.790. The number of aliphatic hydroxyl groups excluding tert-OH is 2. The van der Waals surface area contributed by atoms with Crippen LogP contribution >= 0.6 is 11.6 Å². The van der Waals surface area contributed by atoms with Gasteiger partial charge in [0.15, 0.2) is 5.56 Å². The summed E-state index contributed by atoms with van der Waals surface area (Å²) in [5.41, 5.74) is -0.924. The van der Waals surface area contributed by atoms with E-state index in [1.54, 1.807) is 24.3 Å². The average molecular weight is 203 g/mol. The lowest BCUT2D eigenvalue weighted by atomic mass is 10.3. The van der Waals surface area contributed by atoms with Crippen LogP contribution in [0.25, 0.3) is 0 Å². The minimum atomic E-state index is -1.07. The number of hydrogen-bond donors (Lipinski definition) is 2. The van der Waals surface area contributed by atoms with Crippen molar-refractivity contribution in [3.05, 3.63) is 30.3 Å². The topological polar surface area (TPSA) is 49.7 Å². The maximum atomic E-state index is 9.08. The van der Waals surface area contributed by atoms with Gasteiger partial charge in [0.25, 0.3) is 0 Å². The molecule has 0 bridgehead atoms. The van der Waals surface area contributed by atoms with Crippen LogP contribution in [0.5, 0.6) is 5.75 Å². The lowest BCUT2D eigenvalue weighted by molar-refractivity contribution is 0.0352. The Balaban J connectivity index is 2.50. The van der Waals surface area contributed by atoms with Crippen LogP contribution in [0, 0.1) is 0 Å². The first-order chi connectivity index (χ1) is 6.24. The molecule has 0 saturated carbocycles. The van der Waals surface area contributed by atoms with Crippen molar-refractivity contribution in [1.82, 2.24) is 0 Å². The zero-order chi connectivity index (χ0) is 9.68. The molecule has 0 aliphatic heterocycles. The number of aliphatic hydroxyl groups is 2. The van der Waals surface area contributed by atoms with E-state index in [9.17, 15) is 0 Å². The Kier molecular flexibility index (Phi) is 4.02. The van der Waals surface area contributed by atoms with Crippen molar-refractivity contribution >= 4 is 11.6 Å². The van der Waals surface area contributed by atoms with Gasteiger partial charge in [-0.3, -0.25) is 0 Å². The zero-order valence-corrected chi connectivity index (χ0v) is 7.69. The van der Waals surface area contributed by atoms with Gasteiger partial charge >= 0.3 is 0 Å². The number of para-hydroxylation sites is 1. The van der Waals surface area contributed by atoms with Gasteiger partial charge in [-0.2, -0.15) is 0 Å². The third-order valence-corrected chi connectivity index (χ3v) is 1.86. The Hall–Kier alpha value is -0.770. The van der Waals surface area contributed by atoms with Crippen molar-refractivity contribution in [3.63, 3.8) is 0 Å². The minimum Gasteiger partial charge on any atom is -0.472 e. The second-order valence-corrected chi connectivity index (χ2v) is 2.96. The standard InChI is InChI=1S/C9H11ClO3/c10-9(8(12)6-11)13-7-4-2-1-3-5-7/h1-5,8-9,11-12H,6H2. The third kappa shape index (κ3) is 3.22. The molecular formula is C9H11ClO3. The Morgan fingerprint density at radius 1 is 1.31 bits per heavy atom. The normalized spacial score (nSPS) is 15.0. The largest absolute Gasteiger partial charge is 0.472 e. The van der Waals surface area contributed by atoms with E-state index < -0.39 is 18.3 Å². The summed E-state index contributed by atoms with van der Waals surface area (Å²) in [6.07, 6.45) is -1.07. The molecule has 0 aliphatic carbocycles. The van der Waals surface area contributed by atoms with E-state index in [0.717, 1.165) is 0 Å². The maximum absolute atomic E-state index is 9.08. The Morgan fingerprint density at radius 2 is 1.92 bits per heavy atom. The van der Waals surface area contributed by atoms with Crippen LogP contribution in [0.2, 0.25) is 0 Å². The molecule has 2 unspecified atom stereocenters. The number of halogens is 1. The van der Waals surface area contributed by atoms with Gasteiger partial charge in [-0.15, -0.1) is 0 Å². The van der Waals surface area contributed by atoms with Crippen LogP contribution in [-0.2, 0) is 0 Å². The molecule has 0 spiro atoms. The monoisotopic (exact) mass is 202 g/mol. The van der Waals surface area contributed by atoms with Crippen LogP contribution in [-0.4, -0.2) is 28.5 Å². The van der Waals surface area contributed by atoms with Gasteiger partial charge in [0, 0.05) is 0 Å². The molecule has 0 amide bonds. The SMILES string of the molecule is OCC(O)C(Cl)Oc1ccccc1. The Bertz CT molecular complexity index is 240. The highest BCUT2D eigenvalue weighted by molar-refractivity contribution is 6.20. The van der Waals surface area contributed by atoms with E-state index >= 15 is 0 Å². The highest BCUT2D eigenvalue weighted by atomic mass is 35.5. The highest BCUT2D eigenvalue weighted by Gasteiger charge is 2.16. The molecule has 0 heterocycles. The molecule has 0 radical (unpaired) electrons. The van der Waals surface area contributed by atoms with E-state index in [1.807, 2.05) is 6.07 Å². The van der Waals surface area contributed by atoms with E-state index in [4.69, 9.17) is 26.6 Å². The van der Waals surface area contributed by atoms with E-state index in [-0.39, 0.29) is 0 Å². The number of rotatable bonds is 4. The molecular weight excluding hydrogens is 192 g/mol. The van der Waals surface area contributed by atoms with Gasteiger partial charge in [-0.1, -0.05) is 29.8 Å². The molecule has 2 atom stereocenters. The summed E-state index contributed by atoms with van der Waals surface area (Å²) >= 11 is 5.63. The Labute approximate surface area is 81.5 Å². The van der Waals surface area contributed by atoms with Gasteiger partial charge in [0.05, 0.1) is 6.61 Å². The summed E-state index contributed by atoms with van der Waals surface area (Å²) in [6.45, 7) is -0.416. The van der Waals surface area contributed by atoms with Crippen LogP contribution < -0.4 is 4.74 Å². The first kappa shape index (κ1) is 10.3. The lowest BCUT2D eigenvalue weighted by Gasteiger charge is -2.16. The fourth-order valence-corrected chi connectivity index (χ4v) is 0.973. The second kappa shape index (κ2) is 5.07. The van der Waals surface area contributed by atoms with Crippen molar-refractivity contribution in [2.24, 2.45) is 0 Å². The second-order valence-electron chi connectivity index (χ2n) is 2.53. The van der Waals surface area contributed by atoms with Gasteiger partial charge in [0.2, 0.25) is 0 Å². The number of hydrogen-bond acceptors (Lipinski definition) is 3. The number of benzene rings is 1. The van der Waals surface area contributed by atoms with Crippen LogP contribution in [0.15, 0.2) is 30.3 Å². The first-order valence-electron chi connectivity index (χ1n) is 3.88. The molecule has 0 fully saturated rings. The predicted octanol–water partition coefficient (Wildman–Crippen LogP) is 0.984. The molecule has 1 rings (SSSR count). The molecule has 4 heteroatoms. The molecule has 0 aliphatic rings. The molecule has 3 nitrogen and oxygen atoms in total. The summed E-state index contributed by atoms with van der Waals surface area (Å²) in [6, 6.07) is 8.88. The van der Waals surface area contributed by atoms with Gasteiger partial charge in [-0.25, -0.2) is 0 Å². The lowest BCUT2D eigenvalue weighted by Crippen LogP contribution is -2.29. The van der Waals surface area contributed by atoms with Crippen molar-refractivity contribution < 1.29 is 14.9 Å². The summed E-state index contributed by atoms with van der Waals surface area (Å²) in [7, 11) is 0. The summed E-state index contributed by atoms with van der Waals surface area (Å²) in [4.78, 5) is 0. The summed E-state index contributed by atoms with van der Waals surface area (Å²) in [5, 5.41) is 17.6. The van der Waals surface area contributed by atoms with Crippen molar-refractivity contribution in [1.29, 1.82) is 0 Å². The molecule has 13 heavy (non-hydrogen) atoms. The van der Waals surface area contributed by atoms with E-state index in [2.05, 4.69) is 0 Å². The zero-order valence-electron chi connectivity index (χ0n) is 6.93. The highest BCUT2D eigenvalue weighted by Crippen LogP contribution is 2.14. The van der Waals surface area contributed by atoms with Crippen LogP contribution in [0.4, 0.5) is 0 Å². The minimum absolute atomic E-state index is 0.416. The van der Waals surface area contributed by atoms with Crippen molar-refractivity contribution in [2.75, 3.05) is 6.61 Å². The number of ether oxygens (including phenoxy) is 1. The van der Waals surface area contributed by atoms with Crippen molar-refractivity contribution in [2.45, 2.75) is 11.7 Å². The quantitative estimate of drug-likeness (QED) is 0.716. The summed E-state index contributed by atoms with van der Waals surface area (Å²) in [5.74, 6) is 0.565. The molecule has 2 N–H and O–H groups in total. The molecule has 0 aromatic heterocycles. The predicted molar refractivity (Wildman–Crippen MR) is 49.8 cm³/mol. The summed E-state index contributed by atoms with van der Waals surface area (Å²) < 4.78 is 5.12. The molecule has 0 saturated heterocycles. The smallest absolute Gasteiger partial charge is 0.200 e. The van der Waals surface area contributed by atoms with Gasteiger partial charge in [-0.05, 0) is 12.1 Å². The fraction of sp³-hybridized carbons (Fsp3) is 0.333. The third-order valence-electron chi connectivity index (χ3n) is 1.48. The molecule has 1 aromatic rings. The molecule has 1 aromatic carbocycles. The number of alkyl halides is 1. The average Bonchev–Trinajstić information content (AvgIpc) is 2.18. The first-order valence-corrected chi connectivity index (χ1v) is 4.32. The van der Waals surface area contributed by atoms with Gasteiger partial charge in [0.1, 0.15) is 11.9 Å². The Morgan fingerprint density at radius 3 is 2.46 bits per heavy atom. The molecule has 72 valence electrons. The van der Waals surface area contributed by atoms with Crippen LogP contribution in [0.1, 0.15) is 0 Å². The van der Waals surface area contributed by atoms with E-state index in [0.29, 0.717) is 5.75 Å². The van der Waals surface area contributed by atoms with Gasteiger partial charge < -0.3 is 14.9 Å². The van der Waals surface area contributed by atoms with Crippen molar-refractivity contribution in [3.8, 4) is 5.75 Å². The van der Waals surface area contributed by atoms with Crippen LogP contribution in [0.3, 0.4) is 0 Å². The maximum Gasteiger partial charge on any atom is 0.200 e. The van der Waals surface area contributed by atoms with E-state index in [1.165, 1.54) is 0 Å².